The number of fused-ring (bicyclic) bond motifs is 1. The summed E-state index contributed by atoms with van der Waals surface area (Å²) < 4.78 is 5.92. The van der Waals surface area contributed by atoms with E-state index in [0.717, 1.165) is 16.3 Å². The number of carbonyl (C=O) groups excluding carboxylic acids is 2. The van der Waals surface area contributed by atoms with E-state index in [1.807, 2.05) is 30.0 Å². The molecule has 29 heavy (non-hydrogen) atoms. The molecule has 0 aromatic heterocycles. The number of aliphatic hydroxyl groups excluding tert-OH is 1. The van der Waals surface area contributed by atoms with E-state index < -0.39 is 11.7 Å². The van der Waals surface area contributed by atoms with E-state index >= 15 is 0 Å². The number of rotatable bonds is 4. The molecule has 2 aromatic carbocycles. The van der Waals surface area contributed by atoms with Crippen molar-refractivity contribution in [3.05, 3.63) is 60.7 Å². The summed E-state index contributed by atoms with van der Waals surface area (Å²) >= 11 is 0. The number of hydrogen-bond acceptors (Lipinski definition) is 4. The van der Waals surface area contributed by atoms with Gasteiger partial charge in [-0.25, -0.2) is 0 Å². The first-order valence-electron chi connectivity index (χ1n) is 9.93. The molecule has 4 rings (SSSR count). The molecule has 2 atom stereocenters. The van der Waals surface area contributed by atoms with Gasteiger partial charge in [0.15, 0.2) is 6.10 Å². The normalized spacial score (nSPS) is 20.2. The average molecular weight is 394 g/mol. The van der Waals surface area contributed by atoms with Gasteiger partial charge in [0.05, 0.1) is 32.2 Å². The van der Waals surface area contributed by atoms with Crippen LogP contribution in [0.5, 0.6) is 0 Å². The van der Waals surface area contributed by atoms with Crippen LogP contribution in [0.2, 0.25) is 0 Å². The third kappa shape index (κ3) is 3.66. The lowest BCUT2D eigenvalue weighted by Gasteiger charge is -2.54. The summed E-state index contributed by atoms with van der Waals surface area (Å²) in [7, 11) is 0. The molecule has 152 valence electrons. The minimum atomic E-state index is -1.19. The maximum atomic E-state index is 13.2. The Labute approximate surface area is 170 Å². The summed E-state index contributed by atoms with van der Waals surface area (Å²) in [6.07, 6.45) is 0.0254. The molecule has 6 nitrogen and oxygen atoms in total. The Kier molecular flexibility index (Phi) is 5.15. The van der Waals surface area contributed by atoms with E-state index in [1.54, 1.807) is 4.90 Å². The van der Waals surface area contributed by atoms with Crippen molar-refractivity contribution in [3.63, 3.8) is 0 Å². The van der Waals surface area contributed by atoms with Gasteiger partial charge in [0.1, 0.15) is 5.60 Å². The zero-order chi connectivity index (χ0) is 20.6. The fraction of sp³-hybridized carbons (Fsp3) is 0.391. The van der Waals surface area contributed by atoms with Gasteiger partial charge in [-0.15, -0.1) is 0 Å². The molecule has 0 aliphatic carbocycles. The quantitative estimate of drug-likeness (QED) is 0.805. The Morgan fingerprint density at radius 2 is 1.79 bits per heavy atom. The van der Waals surface area contributed by atoms with Crippen molar-refractivity contribution in [2.24, 2.45) is 0 Å². The predicted octanol–water partition coefficient (Wildman–Crippen LogP) is 1.93. The first kappa shape index (κ1) is 19.6. The lowest BCUT2D eigenvalue weighted by molar-refractivity contribution is -0.197. The van der Waals surface area contributed by atoms with Crippen molar-refractivity contribution < 1.29 is 19.4 Å². The van der Waals surface area contributed by atoms with Crippen LogP contribution >= 0.6 is 0 Å². The Morgan fingerprint density at radius 1 is 1.10 bits per heavy atom. The van der Waals surface area contributed by atoms with Crippen LogP contribution in [0.4, 0.5) is 0 Å². The summed E-state index contributed by atoms with van der Waals surface area (Å²) in [5, 5.41) is 11.9. The Hall–Kier alpha value is -2.70. The summed E-state index contributed by atoms with van der Waals surface area (Å²) in [4.78, 5) is 28.6. The molecule has 0 bridgehead atoms. The number of carbonyl (C=O) groups is 2. The van der Waals surface area contributed by atoms with Gasteiger partial charge >= 0.3 is 0 Å². The zero-order valence-corrected chi connectivity index (χ0v) is 16.6. The molecule has 2 aliphatic rings. The Bertz CT molecular complexity index is 951. The smallest absolute Gasteiger partial charge is 0.255 e. The van der Waals surface area contributed by atoms with Crippen LogP contribution in [0, 0.1) is 0 Å². The van der Waals surface area contributed by atoms with Gasteiger partial charge in [-0.2, -0.15) is 0 Å². The number of nitrogens with zero attached hydrogens (tertiary/aromatic N) is 2. The van der Waals surface area contributed by atoms with Crippen LogP contribution in [0.1, 0.15) is 18.4 Å². The van der Waals surface area contributed by atoms with Gasteiger partial charge in [0.2, 0.25) is 5.91 Å². The third-order valence-electron chi connectivity index (χ3n) is 5.95. The van der Waals surface area contributed by atoms with E-state index in [-0.39, 0.29) is 17.7 Å². The van der Waals surface area contributed by atoms with Crippen molar-refractivity contribution in [3.8, 4) is 0 Å². The molecule has 6 heteroatoms. The van der Waals surface area contributed by atoms with Gasteiger partial charge in [0.25, 0.3) is 5.91 Å². The van der Waals surface area contributed by atoms with Crippen molar-refractivity contribution >= 4 is 22.6 Å². The Morgan fingerprint density at radius 3 is 2.52 bits per heavy atom. The standard InChI is InChI=1S/C23H26N2O4/c1-3-20(26)22(28)25-14-23(15-25)13-24(10-11-29-23)21(27)16(2)18-9-8-17-6-4-5-7-19(17)12-18/h3-9,12,16,20,26H,1,10-11,13-15H2,2H3. The molecule has 2 saturated heterocycles. The molecule has 2 unspecified atom stereocenters. The van der Waals surface area contributed by atoms with E-state index in [2.05, 4.69) is 30.8 Å². The second-order valence-electron chi connectivity index (χ2n) is 7.99. The summed E-state index contributed by atoms with van der Waals surface area (Å²) in [5.41, 5.74) is 0.460. The van der Waals surface area contributed by atoms with Crippen LogP contribution < -0.4 is 0 Å². The average Bonchev–Trinajstić information content (AvgIpc) is 2.75. The van der Waals surface area contributed by atoms with Crippen LogP contribution in [-0.2, 0) is 14.3 Å². The fourth-order valence-corrected chi connectivity index (χ4v) is 4.21. The van der Waals surface area contributed by atoms with Crippen molar-refractivity contribution in [2.45, 2.75) is 24.5 Å². The van der Waals surface area contributed by atoms with Crippen LogP contribution in [0.15, 0.2) is 55.1 Å². The molecular formula is C23H26N2O4. The summed E-state index contributed by atoms with van der Waals surface area (Å²) in [5.74, 6) is -0.559. The number of benzene rings is 2. The second kappa shape index (κ2) is 7.61. The topological polar surface area (TPSA) is 70.1 Å². The van der Waals surface area contributed by atoms with Gasteiger partial charge in [0, 0.05) is 6.54 Å². The number of amides is 2. The van der Waals surface area contributed by atoms with E-state index in [9.17, 15) is 14.7 Å². The first-order valence-corrected chi connectivity index (χ1v) is 9.93. The number of ether oxygens (including phenoxy) is 1. The molecule has 2 aromatic rings. The largest absolute Gasteiger partial charge is 0.379 e. The van der Waals surface area contributed by atoms with Gasteiger partial charge in [-0.3, -0.25) is 9.59 Å². The molecule has 0 radical (unpaired) electrons. The second-order valence-corrected chi connectivity index (χ2v) is 7.99. The SMILES string of the molecule is C=CC(O)C(=O)N1CC2(C1)CN(C(=O)C(C)c1ccc3ccccc3c1)CCO2. The van der Waals surface area contributed by atoms with Gasteiger partial charge in [-0.1, -0.05) is 55.1 Å². The monoisotopic (exact) mass is 394 g/mol. The zero-order valence-electron chi connectivity index (χ0n) is 16.6. The number of morpholine rings is 1. The fourth-order valence-electron chi connectivity index (χ4n) is 4.21. The van der Waals surface area contributed by atoms with E-state index in [1.165, 1.54) is 6.08 Å². The first-order chi connectivity index (χ1) is 13.9. The number of hydrogen-bond donors (Lipinski definition) is 1. The summed E-state index contributed by atoms with van der Waals surface area (Å²) in [6.45, 7) is 7.59. The maximum absolute atomic E-state index is 13.2. The third-order valence-corrected chi connectivity index (χ3v) is 5.95. The van der Waals surface area contributed by atoms with Gasteiger partial charge in [-0.05, 0) is 23.3 Å². The molecule has 1 spiro atoms. The minimum absolute atomic E-state index is 0.0684. The van der Waals surface area contributed by atoms with Crippen LogP contribution in [0.25, 0.3) is 10.8 Å². The molecular weight excluding hydrogens is 368 g/mol. The highest BCUT2D eigenvalue weighted by molar-refractivity contribution is 5.88. The molecule has 2 amide bonds. The van der Waals surface area contributed by atoms with Crippen molar-refractivity contribution in [1.82, 2.24) is 9.80 Å². The minimum Gasteiger partial charge on any atom is -0.379 e. The van der Waals surface area contributed by atoms with Gasteiger partial charge < -0.3 is 19.6 Å². The van der Waals surface area contributed by atoms with Crippen molar-refractivity contribution in [2.75, 3.05) is 32.8 Å². The van der Waals surface area contributed by atoms with E-state index in [0.29, 0.717) is 32.8 Å². The number of likely N-dealkylation sites (tertiary alicyclic amines) is 1. The number of aliphatic hydroxyl groups is 1. The molecule has 2 aliphatic heterocycles. The highest BCUT2D eigenvalue weighted by Gasteiger charge is 2.50. The van der Waals surface area contributed by atoms with E-state index in [4.69, 9.17) is 4.74 Å². The lowest BCUT2D eigenvalue weighted by Crippen LogP contribution is -2.72. The van der Waals surface area contributed by atoms with Crippen molar-refractivity contribution in [1.29, 1.82) is 0 Å². The molecule has 1 N–H and O–H groups in total. The highest BCUT2D eigenvalue weighted by atomic mass is 16.5. The lowest BCUT2D eigenvalue weighted by atomic mass is 9.89. The highest BCUT2D eigenvalue weighted by Crippen LogP contribution is 2.31. The molecule has 2 heterocycles. The predicted molar refractivity (Wildman–Crippen MR) is 110 cm³/mol. The summed E-state index contributed by atoms with van der Waals surface area (Å²) in [6, 6.07) is 14.3. The molecule has 2 fully saturated rings. The molecule has 0 saturated carbocycles. The Balaban J connectivity index is 1.43. The maximum Gasteiger partial charge on any atom is 0.255 e. The van der Waals surface area contributed by atoms with Crippen LogP contribution in [0.3, 0.4) is 0 Å². The van der Waals surface area contributed by atoms with Crippen LogP contribution in [-0.4, -0.2) is 71.2 Å².